The number of nitrogens with one attached hydrogen (secondary N) is 1. The van der Waals surface area contributed by atoms with Crippen molar-refractivity contribution in [3.05, 3.63) is 0 Å². The molecule has 0 radical (unpaired) electrons. The third kappa shape index (κ3) is 61.5. The number of ether oxygens (including phenoxy) is 1. The third-order valence-electron chi connectivity index (χ3n) is 1.87. The van der Waals surface area contributed by atoms with Gasteiger partial charge in [-0.15, -0.1) is 12.8 Å². The fourth-order valence-corrected chi connectivity index (χ4v) is 0.808. The lowest BCUT2D eigenvalue weighted by atomic mass is 10.3. The van der Waals surface area contributed by atoms with E-state index in [9.17, 15) is 9.59 Å². The molecule has 148 valence electrons. The molecule has 6 heteroatoms. The molecular formula is C19H38N2O4. The summed E-state index contributed by atoms with van der Waals surface area (Å²) in [5.74, 6) is 4.19. The maximum absolute atomic E-state index is 10.6. The number of terminal acetylenes is 2. The van der Waals surface area contributed by atoms with Crippen LogP contribution in [0.4, 0.5) is 4.79 Å². The predicted octanol–water partition coefficient (Wildman–Crippen LogP) is 3.79. The maximum Gasteiger partial charge on any atom is 0.408 e. The Labute approximate surface area is 155 Å². The monoisotopic (exact) mass is 358 g/mol. The lowest BCUT2D eigenvalue weighted by Crippen LogP contribution is -2.25. The van der Waals surface area contributed by atoms with Crippen LogP contribution in [0, 0.1) is 24.7 Å². The molecule has 0 spiro atoms. The van der Waals surface area contributed by atoms with Gasteiger partial charge in [0.25, 0.3) is 0 Å². The second-order valence-corrected chi connectivity index (χ2v) is 3.75. The first-order chi connectivity index (χ1) is 10.6. The number of carbonyl (C=O) groups is 1. The Hall–Kier alpha value is -2.27. The van der Waals surface area contributed by atoms with Gasteiger partial charge in [-0.05, 0) is 12.8 Å². The van der Waals surface area contributed by atoms with Crippen molar-refractivity contribution in [2.24, 2.45) is 4.99 Å². The molecule has 0 aromatic rings. The molecule has 6 nitrogen and oxygen atoms in total. The van der Waals surface area contributed by atoms with E-state index < -0.39 is 6.09 Å². The van der Waals surface area contributed by atoms with Crippen LogP contribution in [-0.2, 0) is 9.53 Å². The van der Waals surface area contributed by atoms with Crippen LogP contribution in [0.5, 0.6) is 0 Å². The Balaban J connectivity index is -0.0000000565. The topological polar surface area (TPSA) is 88.0 Å². The Morgan fingerprint density at radius 3 is 2.00 bits per heavy atom. The molecule has 2 N–H and O–H groups in total. The fourth-order valence-electron chi connectivity index (χ4n) is 0.808. The van der Waals surface area contributed by atoms with E-state index in [1.807, 2.05) is 5.92 Å². The van der Waals surface area contributed by atoms with Crippen molar-refractivity contribution in [3.63, 3.8) is 0 Å². The van der Waals surface area contributed by atoms with Gasteiger partial charge in [0.2, 0.25) is 6.08 Å². The van der Waals surface area contributed by atoms with Gasteiger partial charge < -0.3 is 15.2 Å². The smallest absolute Gasteiger partial charge is 0.408 e. The highest BCUT2D eigenvalue weighted by Gasteiger charge is 1.96. The van der Waals surface area contributed by atoms with Crippen LogP contribution in [0.1, 0.15) is 61.8 Å². The number of unbranched alkanes of at least 4 members (excludes halogenated alkanes) is 2. The first-order valence-electron chi connectivity index (χ1n) is 7.06. The molecule has 0 saturated heterocycles. The second-order valence-electron chi connectivity index (χ2n) is 3.75. The van der Waals surface area contributed by atoms with Crippen molar-refractivity contribution in [3.8, 4) is 24.7 Å². The van der Waals surface area contributed by atoms with Gasteiger partial charge in [-0.1, -0.05) is 60.8 Å². The molecule has 0 atom stereocenters. The molecule has 0 heterocycles. The molecule has 0 aromatic carbocycles. The number of isocyanates is 1. The van der Waals surface area contributed by atoms with Crippen molar-refractivity contribution in [1.29, 1.82) is 0 Å². The van der Waals surface area contributed by atoms with E-state index in [0.717, 1.165) is 25.7 Å². The van der Waals surface area contributed by atoms with E-state index in [1.165, 1.54) is 6.08 Å². The van der Waals surface area contributed by atoms with Gasteiger partial charge in [0.05, 0.1) is 6.54 Å². The highest BCUT2D eigenvalue weighted by Crippen LogP contribution is 1.84. The summed E-state index contributed by atoms with van der Waals surface area (Å²) in [5.41, 5.74) is 0. The van der Waals surface area contributed by atoms with Gasteiger partial charge in [0.15, 0.2) is 6.61 Å². The van der Waals surface area contributed by atoms with Crippen LogP contribution >= 0.6 is 0 Å². The molecule has 0 aliphatic rings. The largest absolute Gasteiger partial charge is 0.436 e. The summed E-state index contributed by atoms with van der Waals surface area (Å²) >= 11 is 0. The van der Waals surface area contributed by atoms with Gasteiger partial charge in [-0.3, -0.25) is 0 Å². The van der Waals surface area contributed by atoms with E-state index in [-0.39, 0.29) is 35.5 Å². The number of hydrogen-bond acceptors (Lipinski definition) is 5. The average Bonchev–Trinajstić information content (AvgIpc) is 2.54. The Morgan fingerprint density at radius 2 is 1.64 bits per heavy atom. The number of nitrogens with zero attached hydrogens (tertiary/aromatic N) is 1. The quantitative estimate of drug-likeness (QED) is 0.314. The summed E-state index contributed by atoms with van der Waals surface area (Å²) < 4.78 is 4.55. The first-order valence-corrected chi connectivity index (χ1v) is 7.06. The summed E-state index contributed by atoms with van der Waals surface area (Å²) in [5, 5.41) is 10.2. The summed E-state index contributed by atoms with van der Waals surface area (Å²) in [4.78, 5) is 23.4. The molecule has 0 unspecified atom stereocenters. The molecule has 0 saturated carbocycles. The third-order valence-corrected chi connectivity index (χ3v) is 1.87. The zero-order chi connectivity index (χ0) is 17.5. The molecule has 0 aliphatic carbocycles. The first kappa shape index (κ1) is 38.3. The van der Waals surface area contributed by atoms with Crippen LogP contribution < -0.4 is 5.32 Å². The highest BCUT2D eigenvalue weighted by molar-refractivity contribution is 5.67. The number of aliphatic imine (C=N–C) groups is 1. The van der Waals surface area contributed by atoms with Crippen LogP contribution in [0.2, 0.25) is 0 Å². The lowest BCUT2D eigenvalue weighted by molar-refractivity contribution is 0.160. The number of carbonyl (C=O) groups excluding carboxylic acids is 2. The van der Waals surface area contributed by atoms with Gasteiger partial charge in [0, 0.05) is 6.54 Å². The van der Waals surface area contributed by atoms with Gasteiger partial charge in [0.1, 0.15) is 6.61 Å². The van der Waals surface area contributed by atoms with Crippen molar-refractivity contribution in [2.45, 2.75) is 61.8 Å². The molecule has 0 fully saturated rings. The summed E-state index contributed by atoms with van der Waals surface area (Å²) in [6, 6.07) is 0. The van der Waals surface area contributed by atoms with Crippen LogP contribution in [0.25, 0.3) is 0 Å². The normalized spacial score (nSPS) is 6.60. The number of amides is 1. The fraction of sp³-hybridized carbons (Fsp3) is 0.684. The number of rotatable bonds is 7. The molecule has 0 aliphatic heterocycles. The number of alkyl carbamates (subject to hydrolysis) is 1. The molecular weight excluding hydrogens is 320 g/mol. The van der Waals surface area contributed by atoms with E-state index in [1.54, 1.807) is 0 Å². The number of hydrogen-bond donors (Lipinski definition) is 2. The minimum Gasteiger partial charge on any atom is -0.436 e. The summed E-state index contributed by atoms with van der Waals surface area (Å²) in [7, 11) is 0. The Morgan fingerprint density at radius 1 is 1.12 bits per heavy atom. The maximum atomic E-state index is 10.6. The predicted molar refractivity (Wildman–Crippen MR) is 107 cm³/mol. The van der Waals surface area contributed by atoms with Crippen LogP contribution in [0.3, 0.4) is 0 Å². The Bertz CT molecular complexity index is 365. The van der Waals surface area contributed by atoms with Gasteiger partial charge >= 0.3 is 6.09 Å². The molecule has 0 aromatic heterocycles. The van der Waals surface area contributed by atoms with Crippen molar-refractivity contribution in [1.82, 2.24) is 5.32 Å². The number of aliphatic hydroxyl groups is 1. The molecule has 1 amide bonds. The minimum atomic E-state index is -0.434. The number of aliphatic hydroxyl groups excluding tert-OH is 1. The van der Waals surface area contributed by atoms with E-state index in [2.05, 4.69) is 41.2 Å². The molecule has 0 rings (SSSR count). The lowest BCUT2D eigenvalue weighted by Gasteiger charge is -2.02. The SMILES string of the molecule is C.C.C.C#CCO.C#CCOC(=O)NCCCC.CCCCN=C=O. The second kappa shape index (κ2) is 43.0. The Kier molecular flexibility index (Phi) is 66.0. The van der Waals surface area contributed by atoms with Crippen LogP contribution in [0.15, 0.2) is 4.99 Å². The molecule has 25 heavy (non-hydrogen) atoms. The van der Waals surface area contributed by atoms with Crippen molar-refractivity contribution in [2.75, 3.05) is 26.3 Å². The van der Waals surface area contributed by atoms with Crippen molar-refractivity contribution < 1.29 is 19.4 Å². The van der Waals surface area contributed by atoms with Gasteiger partial charge in [-0.2, -0.15) is 0 Å². The average molecular weight is 359 g/mol. The van der Waals surface area contributed by atoms with E-state index in [4.69, 9.17) is 11.5 Å². The summed E-state index contributed by atoms with van der Waals surface area (Å²) in [6.07, 6.45) is 14.5. The minimum absolute atomic E-state index is 0. The molecule has 0 bridgehead atoms. The van der Waals surface area contributed by atoms with E-state index in [0.29, 0.717) is 13.1 Å². The van der Waals surface area contributed by atoms with E-state index >= 15 is 0 Å². The van der Waals surface area contributed by atoms with Crippen molar-refractivity contribution >= 4 is 12.2 Å². The zero-order valence-corrected chi connectivity index (χ0v) is 13.4. The zero-order valence-electron chi connectivity index (χ0n) is 13.4. The van der Waals surface area contributed by atoms with Gasteiger partial charge in [-0.25, -0.2) is 14.6 Å². The van der Waals surface area contributed by atoms with Crippen LogP contribution in [-0.4, -0.2) is 43.6 Å². The highest BCUT2D eigenvalue weighted by atomic mass is 16.5. The standard InChI is InChI=1S/C8H13NO2.C5H9NO.C3H4O.3CH4/c1-3-5-6-9-8(10)11-7-4-2;1-2-3-4-6-5-7;1-2-3-4;;;/h2H,3,5-7H2,1H3,(H,9,10);2-4H2,1H3;1,4H,3H2;3*1H4. The summed E-state index contributed by atoms with van der Waals surface area (Å²) in [6.45, 7) is 5.28.